The number of hydrogen-bond donors (Lipinski definition) is 1. The van der Waals surface area contributed by atoms with E-state index in [1.807, 2.05) is 29.2 Å². The summed E-state index contributed by atoms with van der Waals surface area (Å²) in [5, 5.41) is 11.8. The van der Waals surface area contributed by atoms with E-state index in [2.05, 4.69) is 26.0 Å². The average molecular weight is 349 g/mol. The summed E-state index contributed by atoms with van der Waals surface area (Å²) in [6, 6.07) is 7.25. The Morgan fingerprint density at radius 2 is 2.12 bits per heavy atom. The van der Waals surface area contributed by atoms with E-state index in [-0.39, 0.29) is 12.1 Å². The largest absolute Gasteiger partial charge is 0.322 e. The molecule has 1 unspecified atom stereocenters. The molecule has 1 aromatic heterocycles. The van der Waals surface area contributed by atoms with Crippen molar-refractivity contribution in [2.75, 3.05) is 11.9 Å². The highest BCUT2D eigenvalue weighted by molar-refractivity contribution is 5.90. The van der Waals surface area contributed by atoms with Crippen molar-refractivity contribution in [1.82, 2.24) is 19.7 Å². The monoisotopic (exact) mass is 349 g/mol. The number of carbonyl (C=O) groups is 1. The quantitative estimate of drug-likeness (QED) is 0.846. The number of anilines is 1. The molecule has 6 nitrogen and oxygen atoms in total. The van der Waals surface area contributed by atoms with Gasteiger partial charge < -0.3 is 14.8 Å². The zero-order valence-corrected chi connectivity index (χ0v) is 14.8. The fourth-order valence-electron chi connectivity index (χ4n) is 3.91. The van der Waals surface area contributed by atoms with Crippen LogP contribution in [0.25, 0.3) is 0 Å². The topological polar surface area (TPSA) is 63.1 Å². The second kappa shape index (κ2) is 7.20. The highest BCUT2D eigenvalue weighted by Crippen LogP contribution is 2.32. The Bertz CT molecular complexity index is 850. The van der Waals surface area contributed by atoms with E-state index in [1.165, 1.54) is 12.8 Å². The second-order valence-corrected chi connectivity index (χ2v) is 6.94. The summed E-state index contributed by atoms with van der Waals surface area (Å²) in [7, 11) is 0. The lowest BCUT2D eigenvalue weighted by molar-refractivity contribution is 0.203. The maximum atomic E-state index is 12.9. The lowest BCUT2D eigenvalue weighted by Crippen LogP contribution is -2.35. The number of urea groups is 1. The van der Waals surface area contributed by atoms with Gasteiger partial charge in [-0.3, -0.25) is 0 Å². The zero-order valence-electron chi connectivity index (χ0n) is 14.8. The fraction of sp³-hybridized carbons (Fsp3) is 0.450. The van der Waals surface area contributed by atoms with Gasteiger partial charge in [-0.25, -0.2) is 4.79 Å². The molecular formula is C20H23N5O. The number of carbonyl (C=O) groups excluding carboxylic acids is 1. The minimum absolute atomic E-state index is 0.00911. The van der Waals surface area contributed by atoms with Crippen molar-refractivity contribution in [3.8, 4) is 12.3 Å². The van der Waals surface area contributed by atoms with E-state index in [9.17, 15) is 4.79 Å². The van der Waals surface area contributed by atoms with E-state index in [1.54, 1.807) is 0 Å². The van der Waals surface area contributed by atoms with Gasteiger partial charge in [-0.2, -0.15) is 0 Å². The fourth-order valence-corrected chi connectivity index (χ4v) is 3.91. The number of aromatic nitrogens is 3. The summed E-state index contributed by atoms with van der Waals surface area (Å²) >= 11 is 0. The van der Waals surface area contributed by atoms with Crippen molar-refractivity contribution in [3.63, 3.8) is 0 Å². The zero-order chi connectivity index (χ0) is 17.9. The summed E-state index contributed by atoms with van der Waals surface area (Å²) in [5.74, 6) is 4.59. The third kappa shape index (κ3) is 3.17. The molecule has 2 aliphatic heterocycles. The van der Waals surface area contributed by atoms with Gasteiger partial charge in [0.25, 0.3) is 0 Å². The van der Waals surface area contributed by atoms with Gasteiger partial charge in [0.05, 0.1) is 6.04 Å². The van der Waals surface area contributed by atoms with Gasteiger partial charge in [-0.15, -0.1) is 16.6 Å². The highest BCUT2D eigenvalue weighted by Gasteiger charge is 2.34. The molecule has 1 aromatic carbocycles. The molecule has 134 valence electrons. The van der Waals surface area contributed by atoms with Gasteiger partial charge >= 0.3 is 6.03 Å². The number of rotatable bonds is 2. The average Bonchev–Trinajstić information content (AvgIpc) is 3.23. The van der Waals surface area contributed by atoms with Gasteiger partial charge in [0.15, 0.2) is 5.82 Å². The first-order valence-electron chi connectivity index (χ1n) is 9.32. The van der Waals surface area contributed by atoms with Gasteiger partial charge in [-0.1, -0.05) is 18.4 Å². The van der Waals surface area contributed by atoms with Crippen LogP contribution in [0.15, 0.2) is 24.3 Å². The maximum absolute atomic E-state index is 12.9. The van der Waals surface area contributed by atoms with Gasteiger partial charge in [0.2, 0.25) is 0 Å². The number of hydrogen-bond acceptors (Lipinski definition) is 3. The molecule has 0 aliphatic carbocycles. The van der Waals surface area contributed by atoms with Crippen LogP contribution >= 0.6 is 0 Å². The maximum Gasteiger partial charge on any atom is 0.322 e. The van der Waals surface area contributed by atoms with E-state index in [0.717, 1.165) is 61.7 Å². The van der Waals surface area contributed by atoms with Crippen molar-refractivity contribution < 1.29 is 4.79 Å². The van der Waals surface area contributed by atoms with Gasteiger partial charge in [0, 0.05) is 30.8 Å². The minimum atomic E-state index is -0.104. The smallest absolute Gasteiger partial charge is 0.314 e. The molecule has 4 rings (SSSR count). The van der Waals surface area contributed by atoms with Crippen LogP contribution in [0.4, 0.5) is 10.5 Å². The lowest BCUT2D eigenvalue weighted by Gasteiger charge is -2.25. The highest BCUT2D eigenvalue weighted by atomic mass is 16.2. The van der Waals surface area contributed by atoms with Crippen LogP contribution in [0.2, 0.25) is 0 Å². The standard InChI is InChI=1S/C20H23N5O/c1-2-15-8-6-9-16(14-15)21-20(26)24-13-7-10-17(24)19-23-22-18-11-4-3-5-12-25(18)19/h1,6,8-9,14,17H,3-5,7,10-13H2,(H,21,26). The number of aryl methyl sites for hydroxylation is 1. The molecule has 0 bridgehead atoms. The molecule has 2 aromatic rings. The Morgan fingerprint density at radius 1 is 1.19 bits per heavy atom. The molecule has 2 amide bonds. The minimum Gasteiger partial charge on any atom is -0.314 e. The SMILES string of the molecule is C#Cc1cccc(NC(=O)N2CCCC2c2nnc3n2CCCCC3)c1. The van der Waals surface area contributed by atoms with Crippen molar-refractivity contribution in [1.29, 1.82) is 0 Å². The predicted octanol–water partition coefficient (Wildman–Crippen LogP) is 3.35. The molecule has 0 saturated carbocycles. The van der Waals surface area contributed by atoms with E-state index >= 15 is 0 Å². The van der Waals surface area contributed by atoms with Crippen LogP contribution in [0.1, 0.15) is 55.4 Å². The van der Waals surface area contributed by atoms with Gasteiger partial charge in [0.1, 0.15) is 5.82 Å². The summed E-state index contributed by atoms with van der Waals surface area (Å²) < 4.78 is 2.24. The number of fused-ring (bicyclic) bond motifs is 1. The molecule has 26 heavy (non-hydrogen) atoms. The predicted molar refractivity (Wildman–Crippen MR) is 99.7 cm³/mol. The van der Waals surface area contributed by atoms with Crippen LogP contribution in [0.5, 0.6) is 0 Å². The van der Waals surface area contributed by atoms with Crippen molar-refractivity contribution in [3.05, 3.63) is 41.5 Å². The van der Waals surface area contributed by atoms with Crippen LogP contribution in [0, 0.1) is 12.3 Å². The Kier molecular flexibility index (Phi) is 4.61. The number of likely N-dealkylation sites (tertiary alicyclic amines) is 1. The van der Waals surface area contributed by atoms with Crippen molar-refractivity contribution in [2.24, 2.45) is 0 Å². The summed E-state index contributed by atoms with van der Waals surface area (Å²) in [6.45, 7) is 1.68. The molecule has 1 fully saturated rings. The summed E-state index contributed by atoms with van der Waals surface area (Å²) in [4.78, 5) is 14.7. The normalized spacial score (nSPS) is 19.5. The van der Waals surface area contributed by atoms with Crippen LogP contribution in [0.3, 0.4) is 0 Å². The van der Waals surface area contributed by atoms with Crippen LogP contribution in [-0.4, -0.2) is 32.2 Å². The molecule has 6 heteroatoms. The first-order chi connectivity index (χ1) is 12.8. The number of amides is 2. The molecule has 1 atom stereocenters. The van der Waals surface area contributed by atoms with E-state index in [0.29, 0.717) is 0 Å². The van der Waals surface area contributed by atoms with E-state index in [4.69, 9.17) is 6.42 Å². The van der Waals surface area contributed by atoms with Crippen LogP contribution < -0.4 is 5.32 Å². The van der Waals surface area contributed by atoms with Crippen molar-refractivity contribution >= 4 is 11.7 Å². The van der Waals surface area contributed by atoms with Crippen molar-refractivity contribution in [2.45, 2.75) is 51.1 Å². The molecule has 0 radical (unpaired) electrons. The molecule has 1 saturated heterocycles. The Hall–Kier alpha value is -2.81. The number of benzene rings is 1. The van der Waals surface area contributed by atoms with Crippen LogP contribution in [-0.2, 0) is 13.0 Å². The number of nitrogens with one attached hydrogen (secondary N) is 1. The van der Waals surface area contributed by atoms with E-state index < -0.39 is 0 Å². The Balaban J connectivity index is 1.54. The summed E-state index contributed by atoms with van der Waals surface area (Å²) in [6.07, 6.45) is 11.9. The Morgan fingerprint density at radius 3 is 3.00 bits per heavy atom. The second-order valence-electron chi connectivity index (χ2n) is 6.94. The lowest BCUT2D eigenvalue weighted by atomic mass is 10.2. The third-order valence-electron chi connectivity index (χ3n) is 5.23. The number of nitrogens with zero attached hydrogens (tertiary/aromatic N) is 4. The molecule has 3 heterocycles. The van der Waals surface area contributed by atoms with Gasteiger partial charge in [-0.05, 0) is 43.9 Å². The summed E-state index contributed by atoms with van der Waals surface area (Å²) in [5.41, 5.74) is 1.47. The molecule has 0 spiro atoms. The first-order valence-corrected chi connectivity index (χ1v) is 9.32. The molecular weight excluding hydrogens is 326 g/mol. The third-order valence-corrected chi connectivity index (χ3v) is 5.23. The first kappa shape index (κ1) is 16.6. The number of terminal acetylenes is 1. The Labute approximate surface area is 153 Å². The molecule has 2 aliphatic rings. The molecule has 1 N–H and O–H groups in total.